The largest absolute Gasteiger partial charge is 0.510 e. The lowest BCUT2D eigenvalue weighted by Gasteiger charge is -2.46. The van der Waals surface area contributed by atoms with Gasteiger partial charge in [0.1, 0.15) is 22.8 Å². The number of rotatable bonds is 5. The van der Waals surface area contributed by atoms with Crippen molar-refractivity contribution in [2.75, 3.05) is 28.2 Å². The summed E-state index contributed by atoms with van der Waals surface area (Å²) in [6.07, 6.45) is 4.13. The molecule has 2 aromatic rings. The number of hydrogen-bond donors (Lipinski definition) is 4. The molecule has 1 fully saturated rings. The molecule has 4 atom stereocenters. The van der Waals surface area contributed by atoms with Crippen LogP contribution < -0.4 is 5.73 Å². The third-order valence-electron chi connectivity index (χ3n) is 8.05. The molecule has 3 unspecified atom stereocenters. The number of nitrogens with two attached hydrogens (primary N) is 1. The first kappa shape index (κ1) is 26.6. The molecule has 5 rings (SSSR count). The average molecular weight is 533 g/mol. The molecular weight excluding hydrogens is 500 g/mol. The number of amides is 1. The molecule has 1 saturated carbocycles. The number of Topliss-reactive ketones (excluding diaryl/α,β-unsaturated/α-hetero) is 2. The number of carbonyl (C=O) groups is 3. The van der Waals surface area contributed by atoms with Gasteiger partial charge in [-0.3, -0.25) is 24.3 Å². The van der Waals surface area contributed by atoms with Gasteiger partial charge in [-0.25, -0.2) is 0 Å². The van der Waals surface area contributed by atoms with Crippen LogP contribution in [0.5, 0.6) is 5.75 Å². The molecular formula is C29H32N4O6. The number of aliphatic hydroxyl groups excluding tert-OH is 2. The Balaban J connectivity index is 1.65. The first-order valence-electron chi connectivity index (χ1n) is 12.8. The number of benzene rings is 1. The van der Waals surface area contributed by atoms with E-state index in [0.29, 0.717) is 24.9 Å². The van der Waals surface area contributed by atoms with E-state index >= 15 is 0 Å². The van der Waals surface area contributed by atoms with Crippen LogP contribution >= 0.6 is 0 Å². The summed E-state index contributed by atoms with van der Waals surface area (Å²) in [7, 11) is 7.31. The number of pyridine rings is 1. The van der Waals surface area contributed by atoms with Crippen molar-refractivity contribution in [3.05, 3.63) is 64.2 Å². The van der Waals surface area contributed by atoms with Crippen molar-refractivity contribution in [3.8, 4) is 16.9 Å². The highest BCUT2D eigenvalue weighted by molar-refractivity contribution is 6.28. The molecule has 1 amide bonds. The Hall–Kier alpha value is -4.02. The minimum absolute atomic E-state index is 0.0618. The number of carbonyl (C=O) groups excluding carboxylic acids is 3. The molecule has 1 aromatic heterocycles. The number of hydrogen-bond acceptors (Lipinski definition) is 9. The van der Waals surface area contributed by atoms with Gasteiger partial charge >= 0.3 is 0 Å². The smallest absolute Gasteiger partial charge is 0.255 e. The standard InChI is InChI=1S/C29H32N4O6/c1-32(2)12-13-7-15(11-31-10-13)16-5-6-19(34)21-17(16)8-14-9-18-22(26(36)20(14)25(21)35)27(37)23(29(30)39)28(38)24(18)33(3)4/h5-7,10-11,14,18,22,24,34-35,38H,8-9,12H2,1-4H3,(H2,30,39)/t14?,18?,22?,24-/m0/s1. The Morgan fingerprint density at radius 1 is 1.08 bits per heavy atom. The molecule has 0 radical (unpaired) electrons. The van der Waals surface area contributed by atoms with Gasteiger partial charge in [-0.2, -0.15) is 0 Å². The highest BCUT2D eigenvalue weighted by Gasteiger charge is 2.55. The summed E-state index contributed by atoms with van der Waals surface area (Å²) in [6.45, 7) is 0.681. The molecule has 1 aromatic carbocycles. The Kier molecular flexibility index (Phi) is 6.56. The number of primary amides is 1. The second-order valence-electron chi connectivity index (χ2n) is 11.1. The minimum Gasteiger partial charge on any atom is -0.510 e. The normalized spacial score (nSPS) is 24.7. The SMILES string of the molecule is CN(C)Cc1cncc(-c2ccc(O)c3c2CC2CC4C(C(=O)C(C(N)=O)=C(O)[C@H]4N(C)C)C(=O)C2=C3O)c1. The van der Waals surface area contributed by atoms with E-state index in [9.17, 15) is 29.7 Å². The number of aromatic nitrogens is 1. The first-order chi connectivity index (χ1) is 18.4. The van der Waals surface area contributed by atoms with Crippen LogP contribution in [0.2, 0.25) is 0 Å². The number of aromatic hydroxyl groups is 1. The van der Waals surface area contributed by atoms with Crippen molar-refractivity contribution in [3.63, 3.8) is 0 Å². The fraction of sp³-hybridized carbons (Fsp3) is 0.379. The van der Waals surface area contributed by atoms with E-state index in [-0.39, 0.29) is 22.6 Å². The van der Waals surface area contributed by atoms with E-state index in [0.717, 1.165) is 16.7 Å². The third-order valence-corrected chi connectivity index (χ3v) is 8.05. The first-order valence-corrected chi connectivity index (χ1v) is 12.8. The summed E-state index contributed by atoms with van der Waals surface area (Å²) in [5, 5.41) is 33.1. The van der Waals surface area contributed by atoms with Crippen molar-refractivity contribution >= 4 is 23.2 Å². The van der Waals surface area contributed by atoms with Gasteiger partial charge in [0.25, 0.3) is 5.91 Å². The van der Waals surface area contributed by atoms with Crippen molar-refractivity contribution < 1.29 is 29.7 Å². The average Bonchev–Trinajstić information content (AvgIpc) is 2.83. The van der Waals surface area contributed by atoms with Gasteiger partial charge in [-0.05, 0) is 81.7 Å². The van der Waals surface area contributed by atoms with E-state index in [4.69, 9.17) is 5.73 Å². The van der Waals surface area contributed by atoms with Crippen molar-refractivity contribution in [2.45, 2.75) is 25.4 Å². The van der Waals surface area contributed by atoms with Gasteiger partial charge in [0, 0.05) is 30.1 Å². The topological polar surface area (TPSA) is 157 Å². The minimum atomic E-state index is -1.28. The maximum Gasteiger partial charge on any atom is 0.255 e. The summed E-state index contributed by atoms with van der Waals surface area (Å²) in [5.41, 5.74) is 8.32. The van der Waals surface area contributed by atoms with E-state index in [1.807, 2.05) is 25.1 Å². The Labute approximate surface area is 226 Å². The highest BCUT2D eigenvalue weighted by atomic mass is 16.3. The van der Waals surface area contributed by atoms with E-state index in [2.05, 4.69) is 4.98 Å². The summed E-state index contributed by atoms with van der Waals surface area (Å²) in [6, 6.07) is 4.48. The number of nitrogens with zero attached hydrogens (tertiary/aromatic N) is 3. The second kappa shape index (κ2) is 9.62. The number of allylic oxidation sites excluding steroid dienone is 1. The molecule has 3 aliphatic carbocycles. The Morgan fingerprint density at radius 2 is 1.79 bits per heavy atom. The molecule has 0 aliphatic heterocycles. The summed E-state index contributed by atoms with van der Waals surface area (Å²) < 4.78 is 0. The molecule has 39 heavy (non-hydrogen) atoms. The van der Waals surface area contributed by atoms with Crippen LogP contribution in [0.15, 0.2) is 47.5 Å². The zero-order chi connectivity index (χ0) is 28.3. The molecule has 5 N–H and O–H groups in total. The molecule has 204 valence electrons. The summed E-state index contributed by atoms with van der Waals surface area (Å²) in [5.74, 6) is -5.89. The molecule has 0 bridgehead atoms. The fourth-order valence-corrected chi connectivity index (χ4v) is 6.62. The lowest BCUT2D eigenvalue weighted by atomic mass is 9.59. The van der Waals surface area contributed by atoms with Gasteiger partial charge in [0.2, 0.25) is 0 Å². The molecule has 0 saturated heterocycles. The quantitative estimate of drug-likeness (QED) is 0.334. The lowest BCUT2D eigenvalue weighted by molar-refractivity contribution is -0.136. The molecule has 1 heterocycles. The van der Waals surface area contributed by atoms with Crippen LogP contribution in [-0.4, -0.2) is 81.8 Å². The fourth-order valence-electron chi connectivity index (χ4n) is 6.62. The third kappa shape index (κ3) is 4.20. The van der Waals surface area contributed by atoms with Gasteiger partial charge in [-0.1, -0.05) is 6.07 Å². The number of phenolic OH excluding ortho intramolecular Hbond substituents is 1. The number of likely N-dealkylation sites (N-methyl/N-ethyl adjacent to an activating group) is 1. The zero-order valence-electron chi connectivity index (χ0n) is 22.3. The van der Waals surface area contributed by atoms with Gasteiger partial charge in [0.15, 0.2) is 11.6 Å². The van der Waals surface area contributed by atoms with E-state index in [1.54, 1.807) is 37.5 Å². The summed E-state index contributed by atoms with van der Waals surface area (Å²) in [4.78, 5) is 47.3. The predicted octanol–water partition coefficient (Wildman–Crippen LogP) is 1.97. The monoisotopic (exact) mass is 532 g/mol. The molecule has 0 spiro atoms. The highest BCUT2D eigenvalue weighted by Crippen LogP contribution is 2.51. The summed E-state index contributed by atoms with van der Waals surface area (Å²) >= 11 is 0. The van der Waals surface area contributed by atoms with E-state index < -0.39 is 52.6 Å². The van der Waals surface area contributed by atoms with Gasteiger partial charge in [-0.15, -0.1) is 0 Å². The Morgan fingerprint density at radius 3 is 2.44 bits per heavy atom. The molecule has 10 nitrogen and oxygen atoms in total. The number of ketones is 2. The van der Waals surface area contributed by atoms with Crippen molar-refractivity contribution in [1.82, 2.24) is 14.8 Å². The number of aliphatic hydroxyl groups is 2. The lowest BCUT2D eigenvalue weighted by Crippen LogP contribution is -2.55. The predicted molar refractivity (Wildman–Crippen MR) is 143 cm³/mol. The van der Waals surface area contributed by atoms with Gasteiger partial charge in [0.05, 0.1) is 17.5 Å². The number of phenols is 1. The maximum absolute atomic E-state index is 13.9. The van der Waals surface area contributed by atoms with Crippen LogP contribution in [0, 0.1) is 17.8 Å². The van der Waals surface area contributed by atoms with E-state index in [1.165, 1.54) is 6.07 Å². The molecule has 3 aliphatic rings. The van der Waals surface area contributed by atoms with Crippen LogP contribution in [0.25, 0.3) is 16.9 Å². The van der Waals surface area contributed by atoms with Crippen LogP contribution in [0.3, 0.4) is 0 Å². The Bertz CT molecular complexity index is 1470. The number of fused-ring (bicyclic) bond motifs is 3. The van der Waals surface area contributed by atoms with Crippen molar-refractivity contribution in [2.24, 2.45) is 23.5 Å². The van der Waals surface area contributed by atoms with Crippen LogP contribution in [0.4, 0.5) is 0 Å². The second-order valence-corrected chi connectivity index (χ2v) is 11.1. The van der Waals surface area contributed by atoms with Gasteiger partial charge < -0.3 is 26.0 Å². The van der Waals surface area contributed by atoms with Crippen molar-refractivity contribution in [1.29, 1.82) is 0 Å². The van der Waals surface area contributed by atoms with Crippen LogP contribution in [-0.2, 0) is 27.3 Å². The van der Waals surface area contributed by atoms with Crippen LogP contribution in [0.1, 0.15) is 23.1 Å². The maximum atomic E-state index is 13.9. The molecule has 10 heteroatoms. The zero-order valence-corrected chi connectivity index (χ0v) is 22.3.